The molecule has 7 amide bonds. The molecule has 1 aliphatic heterocycles. The molecule has 1 aliphatic rings. The van der Waals surface area contributed by atoms with Gasteiger partial charge < -0.3 is 56.3 Å². The summed E-state index contributed by atoms with van der Waals surface area (Å²) in [6.45, 7) is 17.1. The third-order valence-corrected chi connectivity index (χ3v) is 13.6. The number of phenolic OH excluding ortho intramolecular Hbond substituents is 1. The van der Waals surface area contributed by atoms with Gasteiger partial charge in [0.15, 0.2) is 5.75 Å². The predicted molar refractivity (Wildman–Crippen MR) is 283 cm³/mol. The Labute approximate surface area is 438 Å². The molecule has 0 radical (unpaired) electrons. The number of hydrogen-bond donors (Lipinski definition) is 8. The largest absolute Gasteiger partial charge is 0.502 e. The molecule has 21 nitrogen and oxygen atoms in total. The summed E-state index contributed by atoms with van der Waals surface area (Å²) < 4.78 is 2.00. The van der Waals surface area contributed by atoms with Crippen molar-refractivity contribution in [3.8, 4) is 5.75 Å². The van der Waals surface area contributed by atoms with E-state index >= 15 is 4.79 Å². The summed E-state index contributed by atoms with van der Waals surface area (Å²) in [7, 11) is 2.67. The standard InChI is InChI=1S/C54H77N9O12/c1-12-14-18-38-47(67)59-41(27-36-28-62(54(8,9)13-2)42-19-16-15-17-37(36)42)53(73)61(11)44(23-32(5)6)50(70)58-40(24-34-20-21-46(66)43(25-34)63(74)75)48(68)55-33(7)52(72)60(10)45(26-35(29-64)30-65)51(71)57-39(22-31(3)4)49(69)56-38/h12-17,19-21,25,28,31-33,35,38-41,44-45,64-66H,2,18,22-24,26-27,29-30H2,1,3-11H3,(H,55,68)(H,56,69)(H,57,71)(H,58,70)(H,59,67)/b14-12+/t33-,38-,39-,40-,41-,44-,45-/m0/s1. The number of nitrogens with zero attached hydrogens (tertiary/aromatic N) is 4. The molecular weight excluding hydrogens is 967 g/mol. The second kappa shape index (κ2) is 26.9. The summed E-state index contributed by atoms with van der Waals surface area (Å²) >= 11 is 0. The zero-order valence-electron chi connectivity index (χ0n) is 44.8. The van der Waals surface area contributed by atoms with Crippen molar-refractivity contribution in [2.75, 3.05) is 27.3 Å². The van der Waals surface area contributed by atoms with Gasteiger partial charge in [0, 0.05) is 69.2 Å². The summed E-state index contributed by atoms with van der Waals surface area (Å²) in [6, 6.07) is 1.24. The molecule has 21 heteroatoms. The molecule has 2 heterocycles. The van der Waals surface area contributed by atoms with E-state index in [1.54, 1.807) is 25.2 Å². The zero-order chi connectivity index (χ0) is 56.1. The zero-order valence-corrected chi connectivity index (χ0v) is 44.8. The van der Waals surface area contributed by atoms with Crippen LogP contribution in [-0.2, 0) is 51.9 Å². The maximum absolute atomic E-state index is 15.3. The van der Waals surface area contributed by atoms with Gasteiger partial charge in [0.25, 0.3) is 0 Å². The first-order chi connectivity index (χ1) is 35.3. The van der Waals surface area contributed by atoms with Gasteiger partial charge in [-0.3, -0.25) is 43.7 Å². The number of aliphatic hydroxyl groups excluding tert-OH is 2. The van der Waals surface area contributed by atoms with E-state index in [1.165, 1.54) is 32.0 Å². The number of carbonyl (C=O) groups is 7. The number of amides is 7. The van der Waals surface area contributed by atoms with E-state index < -0.39 is 131 Å². The minimum atomic E-state index is -1.57. The highest BCUT2D eigenvalue weighted by molar-refractivity contribution is 5.99. The van der Waals surface area contributed by atoms with Gasteiger partial charge in [0.1, 0.15) is 42.3 Å². The van der Waals surface area contributed by atoms with Crippen LogP contribution < -0.4 is 26.6 Å². The topological polar surface area (TPSA) is 295 Å². The van der Waals surface area contributed by atoms with E-state index in [1.807, 2.05) is 76.6 Å². The number of aliphatic hydroxyl groups is 2. The lowest BCUT2D eigenvalue weighted by Gasteiger charge is -2.34. The van der Waals surface area contributed by atoms with Gasteiger partial charge in [-0.05, 0) is 88.5 Å². The molecule has 1 aromatic heterocycles. The van der Waals surface area contributed by atoms with Gasteiger partial charge in [0.05, 0.1) is 10.5 Å². The summed E-state index contributed by atoms with van der Waals surface area (Å²) in [6.07, 6.45) is 6.26. The fourth-order valence-electron chi connectivity index (χ4n) is 9.07. The molecule has 1 saturated heterocycles. The molecule has 0 saturated carbocycles. The van der Waals surface area contributed by atoms with Gasteiger partial charge in [-0.15, -0.1) is 6.58 Å². The van der Waals surface area contributed by atoms with Crippen LogP contribution in [0.1, 0.15) is 92.2 Å². The van der Waals surface area contributed by atoms with Crippen molar-refractivity contribution < 1.29 is 53.8 Å². The number of likely N-dealkylation sites (N-methyl/N-ethyl adjacent to an activating group) is 2. The van der Waals surface area contributed by atoms with Crippen LogP contribution in [0.25, 0.3) is 10.9 Å². The summed E-state index contributed by atoms with van der Waals surface area (Å²) in [5, 5.41) is 56.9. The van der Waals surface area contributed by atoms with Gasteiger partial charge in [0.2, 0.25) is 41.4 Å². The van der Waals surface area contributed by atoms with Crippen molar-refractivity contribution in [1.82, 2.24) is 41.0 Å². The molecule has 8 N–H and O–H groups in total. The SMILES string of the molecule is C=CC(C)(C)n1cc(C[C@@H]2NC(=O)[C@H](C/C=C/C)NC(=O)[C@H](CC(C)C)NC(=O)[C@H](CC(CO)CO)N(C)C(=O)[C@H](C)NC(=O)[C@H](Cc3ccc(O)c([N+](=O)[O-])c3)NC(=O)[C@H](CC(C)C)N(C)C2=O)c2ccccc21. The fraction of sp³-hybridized carbons (Fsp3) is 0.537. The first kappa shape index (κ1) is 60.4. The van der Waals surface area contributed by atoms with Crippen molar-refractivity contribution in [2.45, 2.75) is 142 Å². The van der Waals surface area contributed by atoms with Crippen LogP contribution in [0.3, 0.4) is 0 Å². The Morgan fingerprint density at radius 1 is 0.733 bits per heavy atom. The summed E-state index contributed by atoms with van der Waals surface area (Å²) in [4.78, 5) is 116. The first-order valence-electron chi connectivity index (χ1n) is 25.4. The molecule has 75 heavy (non-hydrogen) atoms. The van der Waals surface area contributed by atoms with Gasteiger partial charge in [-0.25, -0.2) is 0 Å². The number of aromatic nitrogens is 1. The Bertz CT molecular complexity index is 2590. The Balaban J connectivity index is 1.98. The van der Waals surface area contributed by atoms with Gasteiger partial charge in [-0.1, -0.05) is 70.2 Å². The number of nitro benzene ring substituents is 1. The minimum Gasteiger partial charge on any atom is -0.502 e. The molecule has 0 bridgehead atoms. The van der Waals surface area contributed by atoms with E-state index in [4.69, 9.17) is 0 Å². The van der Waals surface area contributed by atoms with Crippen molar-refractivity contribution in [2.24, 2.45) is 17.8 Å². The first-order valence-corrected chi connectivity index (χ1v) is 25.4. The Hall–Kier alpha value is -7.13. The molecule has 0 spiro atoms. The third kappa shape index (κ3) is 15.7. The number of benzene rings is 2. The highest BCUT2D eigenvalue weighted by Crippen LogP contribution is 2.31. The number of fused-ring (bicyclic) bond motifs is 1. The van der Waals surface area contributed by atoms with Gasteiger partial charge >= 0.3 is 5.69 Å². The number of rotatable bonds is 17. The van der Waals surface area contributed by atoms with E-state index in [0.29, 0.717) is 5.56 Å². The second-order valence-electron chi connectivity index (χ2n) is 20.8. The summed E-state index contributed by atoms with van der Waals surface area (Å²) in [5.41, 5.74) is 0.333. The molecule has 1 fully saturated rings. The van der Waals surface area contributed by atoms with Crippen LogP contribution in [0.5, 0.6) is 5.75 Å². The highest BCUT2D eigenvalue weighted by atomic mass is 16.6. The van der Waals surface area contributed by atoms with E-state index in [-0.39, 0.29) is 49.5 Å². The number of para-hydroxylation sites is 1. The number of allylic oxidation sites excluding steroid dienone is 2. The van der Waals surface area contributed by atoms with Crippen LogP contribution in [-0.4, -0.2) is 146 Å². The Morgan fingerprint density at radius 3 is 1.87 bits per heavy atom. The monoisotopic (exact) mass is 1040 g/mol. The van der Waals surface area contributed by atoms with Crippen LogP contribution in [0.2, 0.25) is 0 Å². The maximum atomic E-state index is 15.3. The second-order valence-corrected chi connectivity index (χ2v) is 20.8. The number of carbonyl (C=O) groups excluding carboxylic acids is 7. The average molecular weight is 1040 g/mol. The van der Waals surface area contributed by atoms with E-state index in [9.17, 15) is 54.2 Å². The highest BCUT2D eigenvalue weighted by Gasteiger charge is 2.39. The average Bonchev–Trinajstić information content (AvgIpc) is 3.74. The smallest absolute Gasteiger partial charge is 0.310 e. The van der Waals surface area contributed by atoms with Gasteiger partial charge in [-0.2, -0.15) is 0 Å². The quantitative estimate of drug-likeness (QED) is 0.0550. The lowest BCUT2D eigenvalue weighted by Crippen LogP contribution is -2.60. The molecule has 0 aliphatic carbocycles. The number of aromatic hydroxyl groups is 1. The number of hydrogen-bond acceptors (Lipinski definition) is 12. The van der Waals surface area contributed by atoms with Crippen molar-refractivity contribution in [3.63, 3.8) is 0 Å². The molecule has 410 valence electrons. The number of nitro groups is 1. The lowest BCUT2D eigenvalue weighted by atomic mass is 9.97. The van der Waals surface area contributed by atoms with E-state index in [0.717, 1.165) is 27.9 Å². The normalized spacial score (nSPS) is 22.5. The molecule has 4 rings (SSSR count). The molecule has 3 aromatic rings. The lowest BCUT2D eigenvalue weighted by molar-refractivity contribution is -0.385. The van der Waals surface area contributed by atoms with Crippen molar-refractivity contribution >= 4 is 57.9 Å². The Kier molecular flexibility index (Phi) is 21.7. The van der Waals surface area contributed by atoms with E-state index in [2.05, 4.69) is 33.2 Å². The Morgan fingerprint density at radius 2 is 1.28 bits per heavy atom. The van der Waals surface area contributed by atoms with Crippen molar-refractivity contribution in [1.29, 1.82) is 0 Å². The predicted octanol–water partition coefficient (Wildman–Crippen LogP) is 3.12. The molecule has 7 atom stereocenters. The molecule has 0 unspecified atom stereocenters. The number of phenols is 1. The number of nitrogens with one attached hydrogen (secondary N) is 5. The van der Waals surface area contributed by atoms with Crippen LogP contribution in [0.4, 0.5) is 5.69 Å². The third-order valence-electron chi connectivity index (χ3n) is 13.6. The van der Waals surface area contributed by atoms with Crippen molar-refractivity contribution in [3.05, 3.63) is 94.7 Å². The van der Waals surface area contributed by atoms with Crippen LogP contribution >= 0.6 is 0 Å². The maximum Gasteiger partial charge on any atom is 0.310 e. The molecule has 2 aromatic carbocycles. The van der Waals surface area contributed by atoms with Crippen LogP contribution in [0, 0.1) is 27.9 Å². The minimum absolute atomic E-state index is 0.0442. The van der Waals surface area contributed by atoms with Crippen LogP contribution in [0.15, 0.2) is 73.5 Å². The summed E-state index contributed by atoms with van der Waals surface area (Å²) in [5.74, 6) is -7.65. The molecular formula is C54H77N9O12. The fourth-order valence-corrected chi connectivity index (χ4v) is 9.07.